The summed E-state index contributed by atoms with van der Waals surface area (Å²) in [6.07, 6.45) is -2.34. The topological polar surface area (TPSA) is 122 Å². The third kappa shape index (κ3) is 3.73. The van der Waals surface area contributed by atoms with E-state index in [-0.39, 0.29) is 5.96 Å². The Morgan fingerprint density at radius 3 is 2.25 bits per heavy atom. The van der Waals surface area contributed by atoms with E-state index in [1.807, 2.05) is 5.32 Å². The zero-order valence-electron chi connectivity index (χ0n) is 8.46. The molecule has 0 aromatic heterocycles. The summed E-state index contributed by atoms with van der Waals surface area (Å²) in [4.78, 5) is 25.5. The van der Waals surface area contributed by atoms with E-state index >= 15 is 0 Å². The highest BCUT2D eigenvalue weighted by Gasteiger charge is 2.21. The first-order valence-corrected chi connectivity index (χ1v) is 4.73. The van der Waals surface area contributed by atoms with Crippen molar-refractivity contribution in [1.29, 1.82) is 0 Å². The molecule has 2 amide bonds. The zero-order chi connectivity index (χ0) is 12.1. The molecule has 0 spiro atoms. The van der Waals surface area contributed by atoms with E-state index in [1.165, 1.54) is 4.90 Å². The lowest BCUT2D eigenvalue weighted by Crippen LogP contribution is -2.48. The smallest absolute Gasteiger partial charge is 0.434 e. The van der Waals surface area contributed by atoms with Gasteiger partial charge in [0.25, 0.3) is 0 Å². The molecule has 1 aliphatic rings. The summed E-state index contributed by atoms with van der Waals surface area (Å²) in [6, 6.07) is 0. The summed E-state index contributed by atoms with van der Waals surface area (Å²) in [7, 11) is 0. The summed E-state index contributed by atoms with van der Waals surface area (Å²) >= 11 is 0. The first-order valence-electron chi connectivity index (χ1n) is 4.73. The van der Waals surface area contributed by atoms with Gasteiger partial charge >= 0.3 is 12.2 Å². The van der Waals surface area contributed by atoms with Crippen LogP contribution < -0.4 is 5.32 Å². The second-order valence-corrected chi connectivity index (χ2v) is 3.37. The first-order chi connectivity index (χ1) is 7.49. The van der Waals surface area contributed by atoms with Crippen molar-refractivity contribution in [3.8, 4) is 0 Å². The number of likely N-dealkylation sites (tertiary alicyclic amines) is 1. The van der Waals surface area contributed by atoms with Gasteiger partial charge in [-0.1, -0.05) is 0 Å². The lowest BCUT2D eigenvalue weighted by molar-refractivity contribution is 0.107. The lowest BCUT2D eigenvalue weighted by atomic mass is 10.1. The summed E-state index contributed by atoms with van der Waals surface area (Å²) in [6.45, 7) is 0.737. The molecule has 1 heterocycles. The Hall–Kier alpha value is -1.83. The second kappa shape index (κ2) is 5.31. The number of piperidine rings is 1. The SMILES string of the molecule is O=C(O)N=C(NC(=O)O)N1CCC(O)CC1. The molecular weight excluding hydrogens is 218 g/mol. The molecule has 8 heteroatoms. The Kier molecular flexibility index (Phi) is 4.06. The van der Waals surface area contributed by atoms with Crippen LogP contribution in [0.25, 0.3) is 0 Å². The van der Waals surface area contributed by atoms with Crippen LogP contribution >= 0.6 is 0 Å². The molecule has 90 valence electrons. The number of hydrogen-bond acceptors (Lipinski definition) is 3. The number of hydrogen-bond donors (Lipinski definition) is 4. The van der Waals surface area contributed by atoms with E-state index in [0.717, 1.165) is 0 Å². The molecule has 0 aliphatic carbocycles. The molecule has 1 aliphatic heterocycles. The van der Waals surface area contributed by atoms with Crippen molar-refractivity contribution in [3.05, 3.63) is 0 Å². The van der Waals surface area contributed by atoms with E-state index in [0.29, 0.717) is 25.9 Å². The molecule has 4 N–H and O–H groups in total. The van der Waals surface area contributed by atoms with Crippen molar-refractivity contribution in [3.63, 3.8) is 0 Å². The summed E-state index contributed by atoms with van der Waals surface area (Å²) < 4.78 is 0. The minimum atomic E-state index is -1.46. The van der Waals surface area contributed by atoms with Gasteiger partial charge in [-0.15, -0.1) is 4.99 Å². The number of aliphatic hydroxyl groups is 1. The third-order valence-electron chi connectivity index (χ3n) is 2.18. The van der Waals surface area contributed by atoms with Crippen molar-refractivity contribution >= 4 is 18.1 Å². The maximum absolute atomic E-state index is 10.4. The Bertz CT molecular complexity index is 309. The van der Waals surface area contributed by atoms with Crippen LogP contribution in [0.2, 0.25) is 0 Å². The van der Waals surface area contributed by atoms with Gasteiger partial charge in [0, 0.05) is 13.1 Å². The van der Waals surface area contributed by atoms with Gasteiger partial charge < -0.3 is 20.2 Å². The van der Waals surface area contributed by atoms with Crippen LogP contribution in [0.15, 0.2) is 4.99 Å². The van der Waals surface area contributed by atoms with E-state index in [2.05, 4.69) is 4.99 Å². The molecule has 0 aromatic carbocycles. The molecule has 0 atom stereocenters. The van der Waals surface area contributed by atoms with Gasteiger partial charge in [0.15, 0.2) is 0 Å². The van der Waals surface area contributed by atoms with E-state index in [1.54, 1.807) is 0 Å². The van der Waals surface area contributed by atoms with Crippen molar-refractivity contribution < 1.29 is 24.9 Å². The molecule has 0 unspecified atom stereocenters. The number of aliphatic hydroxyl groups excluding tert-OH is 1. The quantitative estimate of drug-likeness (QED) is 0.336. The van der Waals surface area contributed by atoms with Crippen LogP contribution in [0.3, 0.4) is 0 Å². The highest BCUT2D eigenvalue weighted by Crippen LogP contribution is 2.09. The predicted molar refractivity (Wildman–Crippen MR) is 53.4 cm³/mol. The number of guanidine groups is 1. The molecule has 8 nitrogen and oxygen atoms in total. The first kappa shape index (κ1) is 12.2. The minimum absolute atomic E-state index is 0.216. The van der Waals surface area contributed by atoms with Gasteiger partial charge in [-0.05, 0) is 12.8 Å². The van der Waals surface area contributed by atoms with Crippen molar-refractivity contribution in [1.82, 2.24) is 10.2 Å². The van der Waals surface area contributed by atoms with Crippen LogP contribution in [-0.4, -0.2) is 57.6 Å². The Labute approximate surface area is 91.2 Å². The number of nitrogens with one attached hydrogen (secondary N) is 1. The number of nitrogens with zero attached hydrogens (tertiary/aromatic N) is 2. The van der Waals surface area contributed by atoms with Gasteiger partial charge in [0.2, 0.25) is 5.96 Å². The largest absolute Gasteiger partial charge is 0.465 e. The number of amides is 2. The highest BCUT2D eigenvalue weighted by molar-refractivity contribution is 5.97. The van der Waals surface area contributed by atoms with Crippen LogP contribution in [0.1, 0.15) is 12.8 Å². The Morgan fingerprint density at radius 1 is 1.25 bits per heavy atom. The molecule has 1 fully saturated rings. The number of carboxylic acid groups (broad SMARTS) is 2. The second-order valence-electron chi connectivity index (χ2n) is 3.37. The maximum Gasteiger partial charge on any atom is 0.434 e. The van der Waals surface area contributed by atoms with Crippen molar-refractivity contribution in [2.75, 3.05) is 13.1 Å². The summed E-state index contributed by atoms with van der Waals surface area (Å²) in [5.41, 5.74) is 0. The van der Waals surface area contributed by atoms with Gasteiger partial charge in [0.05, 0.1) is 6.10 Å². The van der Waals surface area contributed by atoms with E-state index in [4.69, 9.17) is 10.2 Å². The van der Waals surface area contributed by atoms with Crippen molar-refractivity contribution in [2.45, 2.75) is 18.9 Å². The standard InChI is InChI=1S/C8H13N3O5/c12-5-1-3-11(4-2-5)6(9-7(13)14)10-8(15)16/h5,12H,1-4H2,(H,9,10)(H,13,14)(H,15,16). The van der Waals surface area contributed by atoms with E-state index in [9.17, 15) is 14.7 Å². The highest BCUT2D eigenvalue weighted by atomic mass is 16.4. The Balaban J connectivity index is 2.69. The van der Waals surface area contributed by atoms with Crippen LogP contribution in [0.5, 0.6) is 0 Å². The van der Waals surface area contributed by atoms with E-state index < -0.39 is 18.3 Å². The number of rotatable bonds is 0. The fourth-order valence-corrected chi connectivity index (χ4v) is 1.44. The van der Waals surface area contributed by atoms with Gasteiger partial charge in [-0.3, -0.25) is 5.32 Å². The molecule has 1 rings (SSSR count). The molecule has 1 saturated heterocycles. The third-order valence-corrected chi connectivity index (χ3v) is 2.18. The maximum atomic E-state index is 10.4. The van der Waals surface area contributed by atoms with Crippen LogP contribution in [0, 0.1) is 0 Å². The summed E-state index contributed by atoms with van der Waals surface area (Å²) in [5, 5.41) is 28.2. The van der Waals surface area contributed by atoms with Gasteiger partial charge in [-0.25, -0.2) is 9.59 Å². The number of carbonyl (C=O) groups is 2. The zero-order valence-corrected chi connectivity index (χ0v) is 8.46. The Morgan fingerprint density at radius 2 is 1.81 bits per heavy atom. The lowest BCUT2D eigenvalue weighted by Gasteiger charge is -2.31. The summed E-state index contributed by atoms with van der Waals surface area (Å²) in [5.74, 6) is -0.216. The monoisotopic (exact) mass is 231 g/mol. The normalized spacial score (nSPS) is 18.3. The van der Waals surface area contributed by atoms with Crippen LogP contribution in [0.4, 0.5) is 9.59 Å². The average molecular weight is 231 g/mol. The molecular formula is C8H13N3O5. The molecule has 16 heavy (non-hydrogen) atoms. The van der Waals surface area contributed by atoms with Crippen molar-refractivity contribution in [2.24, 2.45) is 4.99 Å². The fourth-order valence-electron chi connectivity index (χ4n) is 1.44. The fraction of sp³-hybridized carbons (Fsp3) is 0.625. The van der Waals surface area contributed by atoms with Gasteiger partial charge in [0.1, 0.15) is 0 Å². The molecule has 0 saturated carbocycles. The average Bonchev–Trinajstić information content (AvgIpc) is 2.16. The molecule has 0 aromatic rings. The predicted octanol–water partition coefficient (Wildman–Crippen LogP) is -0.255. The molecule has 0 radical (unpaired) electrons. The minimum Gasteiger partial charge on any atom is -0.465 e. The number of aliphatic imine (C=N–C) groups is 1. The van der Waals surface area contributed by atoms with Crippen LogP contribution in [-0.2, 0) is 0 Å². The molecule has 0 bridgehead atoms. The van der Waals surface area contributed by atoms with Gasteiger partial charge in [-0.2, -0.15) is 0 Å².